The Hall–Kier alpha value is -1.58. The van der Waals surface area contributed by atoms with Crippen LogP contribution in [0.2, 0.25) is 0 Å². The van der Waals surface area contributed by atoms with E-state index in [0.29, 0.717) is 11.4 Å². The number of nitrogen functional groups attached to an aromatic ring is 1. The average Bonchev–Trinajstić information content (AvgIpc) is 2.23. The van der Waals surface area contributed by atoms with E-state index in [4.69, 9.17) is 10.5 Å². The van der Waals surface area contributed by atoms with E-state index < -0.39 is 5.60 Å². The molecule has 2 heterocycles. The van der Waals surface area contributed by atoms with Crippen molar-refractivity contribution in [3.8, 4) is 0 Å². The highest BCUT2D eigenvalue weighted by Gasteiger charge is 2.29. The first-order valence-corrected chi connectivity index (χ1v) is 4.97. The number of hydrogen-bond donors (Lipinski definition) is 1. The van der Waals surface area contributed by atoms with Gasteiger partial charge in [-0.15, -0.1) is 0 Å². The fourth-order valence-corrected chi connectivity index (χ4v) is 1.67. The summed E-state index contributed by atoms with van der Waals surface area (Å²) in [6, 6.07) is 3.31. The quantitative estimate of drug-likeness (QED) is 0.654. The van der Waals surface area contributed by atoms with Gasteiger partial charge in [-0.05, 0) is 38.8 Å². The Labute approximate surface area is 88.4 Å². The number of pyridine rings is 1. The zero-order valence-electron chi connectivity index (χ0n) is 8.91. The molecule has 15 heavy (non-hydrogen) atoms. The van der Waals surface area contributed by atoms with E-state index in [1.807, 2.05) is 13.8 Å². The van der Waals surface area contributed by atoms with Gasteiger partial charge in [0.15, 0.2) is 0 Å². The lowest BCUT2D eigenvalue weighted by Gasteiger charge is -2.21. The van der Waals surface area contributed by atoms with E-state index in [9.17, 15) is 4.79 Å². The highest BCUT2D eigenvalue weighted by Crippen LogP contribution is 2.25. The molecule has 4 nitrogen and oxygen atoms in total. The van der Waals surface area contributed by atoms with Gasteiger partial charge in [-0.1, -0.05) is 0 Å². The summed E-state index contributed by atoms with van der Waals surface area (Å²) in [5.41, 5.74) is 6.44. The second-order valence-corrected chi connectivity index (χ2v) is 4.38. The first kappa shape index (κ1) is 9.96. The minimum atomic E-state index is -0.424. The van der Waals surface area contributed by atoms with Crippen molar-refractivity contribution in [3.05, 3.63) is 23.4 Å². The second-order valence-electron chi connectivity index (χ2n) is 4.38. The summed E-state index contributed by atoms with van der Waals surface area (Å²) in [5, 5.41) is 0. The number of esters is 1. The molecule has 0 radical (unpaired) electrons. The van der Waals surface area contributed by atoms with Crippen LogP contribution in [-0.4, -0.2) is 16.6 Å². The third kappa shape index (κ3) is 1.93. The minimum absolute atomic E-state index is 0.306. The van der Waals surface area contributed by atoms with Crippen LogP contribution in [0.4, 0.5) is 5.82 Å². The molecule has 1 aliphatic heterocycles. The van der Waals surface area contributed by atoms with Gasteiger partial charge in [0.2, 0.25) is 0 Å². The Kier molecular flexibility index (Phi) is 2.14. The molecular formula is C11H14N2O2. The molecule has 0 fully saturated rings. The third-order valence-electron chi connectivity index (χ3n) is 2.55. The van der Waals surface area contributed by atoms with Crippen molar-refractivity contribution in [3.63, 3.8) is 0 Å². The first-order chi connectivity index (χ1) is 6.98. The molecule has 0 amide bonds. The minimum Gasteiger partial charge on any atom is -0.456 e. The lowest BCUT2D eigenvalue weighted by Crippen LogP contribution is -2.26. The maximum atomic E-state index is 11.7. The number of aryl methyl sites for hydroxylation is 1. The number of hydrogen-bond acceptors (Lipinski definition) is 4. The van der Waals surface area contributed by atoms with E-state index in [-0.39, 0.29) is 5.97 Å². The van der Waals surface area contributed by atoms with Gasteiger partial charge in [0.25, 0.3) is 0 Å². The molecule has 1 aromatic heterocycles. The lowest BCUT2D eigenvalue weighted by molar-refractivity contribution is -0.00161. The van der Waals surface area contributed by atoms with Crippen LogP contribution >= 0.6 is 0 Å². The van der Waals surface area contributed by atoms with E-state index in [1.54, 1.807) is 12.1 Å². The van der Waals surface area contributed by atoms with Crippen LogP contribution in [0.25, 0.3) is 0 Å². The normalized spacial score (nSPS) is 18.9. The zero-order chi connectivity index (χ0) is 11.1. The molecule has 0 spiro atoms. The molecule has 2 N–H and O–H groups in total. The highest BCUT2D eigenvalue weighted by atomic mass is 16.6. The van der Waals surface area contributed by atoms with Crippen molar-refractivity contribution < 1.29 is 9.53 Å². The predicted molar refractivity (Wildman–Crippen MR) is 56.5 cm³/mol. The maximum Gasteiger partial charge on any atom is 0.340 e. The summed E-state index contributed by atoms with van der Waals surface area (Å²) >= 11 is 0. The molecule has 0 unspecified atom stereocenters. The van der Waals surface area contributed by atoms with Gasteiger partial charge >= 0.3 is 5.97 Å². The van der Waals surface area contributed by atoms with Crippen molar-refractivity contribution in [1.29, 1.82) is 0 Å². The van der Waals surface area contributed by atoms with Crippen molar-refractivity contribution >= 4 is 11.8 Å². The molecule has 0 aliphatic carbocycles. The van der Waals surface area contributed by atoms with Crippen molar-refractivity contribution in [2.75, 3.05) is 5.73 Å². The number of anilines is 1. The van der Waals surface area contributed by atoms with Crippen LogP contribution in [0, 0.1) is 0 Å². The van der Waals surface area contributed by atoms with E-state index >= 15 is 0 Å². The van der Waals surface area contributed by atoms with Gasteiger partial charge in [-0.3, -0.25) is 0 Å². The van der Waals surface area contributed by atoms with E-state index in [1.165, 1.54) is 0 Å². The summed E-state index contributed by atoms with van der Waals surface area (Å²) in [7, 11) is 0. The summed E-state index contributed by atoms with van der Waals surface area (Å²) in [6.07, 6.45) is 1.49. The first-order valence-electron chi connectivity index (χ1n) is 4.97. The van der Waals surface area contributed by atoms with E-state index in [0.717, 1.165) is 18.5 Å². The number of cyclic esters (lactones) is 1. The van der Waals surface area contributed by atoms with Gasteiger partial charge < -0.3 is 10.5 Å². The number of nitrogens with zero attached hydrogens (tertiary/aromatic N) is 1. The average molecular weight is 206 g/mol. The molecular weight excluding hydrogens is 192 g/mol. The Morgan fingerprint density at radius 3 is 2.93 bits per heavy atom. The van der Waals surface area contributed by atoms with Gasteiger partial charge in [0, 0.05) is 0 Å². The molecule has 0 saturated heterocycles. The fraction of sp³-hybridized carbons (Fsp3) is 0.455. The summed E-state index contributed by atoms with van der Waals surface area (Å²) in [6.45, 7) is 3.81. The molecule has 80 valence electrons. The largest absolute Gasteiger partial charge is 0.456 e. The van der Waals surface area contributed by atoms with Crippen LogP contribution in [0.5, 0.6) is 0 Å². The molecule has 1 aliphatic rings. The monoisotopic (exact) mass is 206 g/mol. The van der Waals surface area contributed by atoms with Crippen LogP contribution < -0.4 is 5.73 Å². The highest BCUT2D eigenvalue weighted by molar-refractivity contribution is 5.91. The molecule has 0 saturated carbocycles. The Balaban J connectivity index is 2.44. The van der Waals surface area contributed by atoms with Crippen LogP contribution in [0.15, 0.2) is 12.1 Å². The van der Waals surface area contributed by atoms with E-state index in [2.05, 4.69) is 4.98 Å². The Morgan fingerprint density at radius 2 is 2.20 bits per heavy atom. The van der Waals surface area contributed by atoms with Crippen LogP contribution in [0.1, 0.15) is 36.3 Å². The number of fused-ring (bicyclic) bond motifs is 1. The second kappa shape index (κ2) is 3.22. The van der Waals surface area contributed by atoms with Crippen molar-refractivity contribution in [2.45, 2.75) is 32.3 Å². The van der Waals surface area contributed by atoms with Crippen molar-refractivity contribution in [1.82, 2.24) is 4.98 Å². The topological polar surface area (TPSA) is 65.2 Å². The fourth-order valence-electron chi connectivity index (χ4n) is 1.67. The van der Waals surface area contributed by atoms with Gasteiger partial charge in [0.05, 0.1) is 11.3 Å². The molecule has 0 bridgehead atoms. The summed E-state index contributed by atoms with van der Waals surface area (Å²) in [4.78, 5) is 15.9. The standard InChI is InChI=1S/C11H14N2O2/c1-11(2)6-5-8-7(10(14)15-11)3-4-9(12)13-8/h3-4H,5-6H2,1-2H3,(H2,12,13). The SMILES string of the molecule is CC1(C)CCc2nc(N)ccc2C(=O)O1. The maximum absolute atomic E-state index is 11.7. The lowest BCUT2D eigenvalue weighted by atomic mass is 10.0. The predicted octanol–water partition coefficient (Wildman–Crippen LogP) is 1.55. The molecule has 1 aromatic rings. The van der Waals surface area contributed by atoms with Crippen LogP contribution in [0.3, 0.4) is 0 Å². The number of carbonyl (C=O) groups excluding carboxylic acids is 1. The van der Waals surface area contributed by atoms with Gasteiger partial charge in [-0.25, -0.2) is 9.78 Å². The zero-order valence-corrected chi connectivity index (χ0v) is 8.91. The number of carbonyl (C=O) groups is 1. The summed E-state index contributed by atoms with van der Waals surface area (Å²) < 4.78 is 5.35. The molecule has 0 aromatic carbocycles. The summed E-state index contributed by atoms with van der Waals surface area (Å²) in [5.74, 6) is 0.140. The third-order valence-corrected chi connectivity index (χ3v) is 2.55. The smallest absolute Gasteiger partial charge is 0.340 e. The van der Waals surface area contributed by atoms with Crippen molar-refractivity contribution in [2.24, 2.45) is 0 Å². The Morgan fingerprint density at radius 1 is 1.47 bits per heavy atom. The molecule has 4 heteroatoms. The molecule has 0 atom stereocenters. The number of ether oxygens (including phenoxy) is 1. The van der Waals surface area contributed by atoms with Crippen LogP contribution in [-0.2, 0) is 11.2 Å². The number of rotatable bonds is 0. The number of aromatic nitrogens is 1. The van der Waals surface area contributed by atoms with Gasteiger partial charge in [0.1, 0.15) is 11.4 Å². The number of nitrogens with two attached hydrogens (primary N) is 1. The Bertz CT molecular complexity index is 413. The van der Waals surface area contributed by atoms with Gasteiger partial charge in [-0.2, -0.15) is 0 Å². The molecule has 2 rings (SSSR count).